The first kappa shape index (κ1) is 106. The van der Waals surface area contributed by atoms with Gasteiger partial charge >= 0.3 is 36.2 Å². The van der Waals surface area contributed by atoms with E-state index >= 15 is 0 Å². The largest absolute Gasteiger partial charge is 0.851 e. The summed E-state index contributed by atoms with van der Waals surface area (Å²) in [6.45, 7) is 11.6. The summed E-state index contributed by atoms with van der Waals surface area (Å²) in [5.41, 5.74) is 7.45. The van der Waals surface area contributed by atoms with Gasteiger partial charge in [-0.05, 0) is 155 Å². The van der Waals surface area contributed by atoms with Crippen LogP contribution in [0.2, 0.25) is 10.0 Å². The highest BCUT2D eigenvalue weighted by Gasteiger charge is 2.33. The number of benzene rings is 8. The molecule has 8 aromatic carbocycles. The summed E-state index contributed by atoms with van der Waals surface area (Å²) in [5, 5.41) is 135. The van der Waals surface area contributed by atoms with Crippen molar-refractivity contribution in [3.63, 3.8) is 0 Å². The Labute approximate surface area is 806 Å². The molecule has 0 amide bonds. The third-order valence-corrected chi connectivity index (χ3v) is 25.2. The quantitative estimate of drug-likeness (QED) is 0.00499. The third kappa shape index (κ3) is 27.7. The van der Waals surface area contributed by atoms with Gasteiger partial charge in [-0.1, -0.05) is 172 Å². The van der Waals surface area contributed by atoms with E-state index in [0.717, 1.165) is 69.6 Å². The molecular weight excluding hydrogens is 1920 g/mol. The van der Waals surface area contributed by atoms with Crippen molar-refractivity contribution in [3.05, 3.63) is 300 Å². The summed E-state index contributed by atoms with van der Waals surface area (Å²) in [6.07, 6.45) is -7.81. The van der Waals surface area contributed by atoms with Gasteiger partial charge < -0.3 is 56.2 Å². The van der Waals surface area contributed by atoms with E-state index in [1.165, 1.54) is 107 Å². The van der Waals surface area contributed by atoms with Crippen molar-refractivity contribution in [1.29, 1.82) is 0 Å². The first-order chi connectivity index (χ1) is 63.5. The average Bonchev–Trinajstić information content (AvgIpc) is 1.66. The molecule has 0 radical (unpaired) electrons. The average molecular weight is 2000 g/mol. The molecule has 0 fully saturated rings. The van der Waals surface area contributed by atoms with Crippen molar-refractivity contribution in [3.8, 4) is 65.6 Å². The predicted molar refractivity (Wildman–Crippen MR) is 516 cm³/mol. The normalized spacial score (nSPS) is 11.9. The Bertz CT molecular complexity index is 6460. The number of aromatic carboxylic acids is 4. The summed E-state index contributed by atoms with van der Waals surface area (Å²) < 4.78 is 78.0. The summed E-state index contributed by atoms with van der Waals surface area (Å²) in [6, 6.07) is 38.9. The number of aliphatic imine (C=N–C) groups is 4. The molecule has 12 aromatic rings. The van der Waals surface area contributed by atoms with Crippen molar-refractivity contribution in [2.45, 2.75) is 105 Å². The molecule has 135 heavy (non-hydrogen) atoms. The van der Waals surface area contributed by atoms with Crippen molar-refractivity contribution in [2.24, 2.45) is 27.0 Å². The Morgan fingerprint density at radius 2 is 0.763 bits per heavy atom. The monoisotopic (exact) mass is 2000 g/mol. The van der Waals surface area contributed by atoms with Crippen LogP contribution in [0.25, 0.3) is 42.6 Å². The van der Waals surface area contributed by atoms with Crippen LogP contribution in [0.3, 0.4) is 0 Å². The molecule has 4 heterocycles. The number of aryl methyl sites for hydroxylation is 1. The number of hydrogen-bond donors (Lipinski definition) is 8. The number of thiocarbonyl (C=S) groups is 3. The molecule has 0 unspecified atom stereocenters. The van der Waals surface area contributed by atoms with Crippen molar-refractivity contribution in [1.82, 2.24) is 9.78 Å². The number of nitrogens with zero attached hydrogens (tertiary/aromatic N) is 7. The number of aromatic nitrogens is 2. The van der Waals surface area contributed by atoms with Crippen molar-refractivity contribution in [2.75, 3.05) is 26.2 Å². The lowest BCUT2D eigenvalue weighted by Gasteiger charge is -2.19. The second-order valence-electron chi connectivity index (χ2n) is 31.1. The van der Waals surface area contributed by atoms with Crippen LogP contribution in [-0.4, -0.2) is 149 Å². The number of halogens is 8. The number of aromatic hydroxyl groups is 4. The molecule has 12 rings (SSSR count). The molecule has 25 nitrogen and oxygen atoms in total. The number of carbonyl (C=O) groups is 5. The molecule has 0 bridgehead atoms. The highest BCUT2D eigenvalue weighted by atomic mass is 35.5. The molecular formula is C96H82Cl2F6N7O18S6-3. The fourth-order valence-electron chi connectivity index (χ4n) is 13.3. The van der Waals surface area contributed by atoms with Gasteiger partial charge in [0, 0.05) is 108 Å². The second-order valence-corrected chi connectivity index (χ2v) is 36.2. The van der Waals surface area contributed by atoms with E-state index < -0.39 is 95.7 Å². The Morgan fingerprint density at radius 1 is 0.430 bits per heavy atom. The minimum absolute atomic E-state index is 0.00856. The lowest BCUT2D eigenvalue weighted by Crippen LogP contribution is -2.12. The van der Waals surface area contributed by atoms with E-state index in [0.29, 0.717) is 105 Å². The molecule has 8 N–H and O–H groups in total. The maximum atomic E-state index is 12.8. The molecule has 0 atom stereocenters. The minimum atomic E-state index is -4.51. The van der Waals surface area contributed by atoms with Crippen LogP contribution in [0.15, 0.2) is 200 Å². The number of Topliss-reactive ketones (excluding diaryl/α,β-unsaturated/α-hetero) is 1. The van der Waals surface area contributed by atoms with Gasteiger partial charge in [0.25, 0.3) is 5.69 Å². The van der Waals surface area contributed by atoms with E-state index in [1.807, 2.05) is 29.8 Å². The van der Waals surface area contributed by atoms with E-state index in [2.05, 4.69) is 58.0 Å². The Kier molecular flexibility index (Phi) is 36.4. The second kappa shape index (κ2) is 46.4. The number of rotatable bonds is 31. The number of ketones is 1. The molecule has 0 aliphatic rings. The third-order valence-electron chi connectivity index (χ3n) is 20.5. The number of carboxylic acids is 4. The van der Waals surface area contributed by atoms with Crippen LogP contribution in [0.1, 0.15) is 173 Å². The zero-order chi connectivity index (χ0) is 99.6. The lowest BCUT2D eigenvalue weighted by atomic mass is 9.86. The van der Waals surface area contributed by atoms with Crippen LogP contribution in [0, 0.1) is 10.1 Å². The number of alkyl halides is 6. The van der Waals surface area contributed by atoms with Crippen molar-refractivity contribution >= 4 is 167 Å². The summed E-state index contributed by atoms with van der Waals surface area (Å²) in [5.74, 6) is -5.66. The molecule has 0 aliphatic heterocycles. The van der Waals surface area contributed by atoms with E-state index in [4.69, 9.17) is 80.3 Å². The smallest absolute Gasteiger partial charge is 0.416 e. The number of nitro benzene ring substituents is 1. The van der Waals surface area contributed by atoms with Gasteiger partial charge in [0.2, 0.25) is 0 Å². The van der Waals surface area contributed by atoms with Crippen LogP contribution >= 0.6 is 93.9 Å². The predicted octanol–water partition coefficient (Wildman–Crippen LogP) is 20.0. The zero-order valence-corrected chi connectivity index (χ0v) is 79.1. The first-order valence-electron chi connectivity index (χ1n) is 40.1. The summed E-state index contributed by atoms with van der Waals surface area (Å²) >= 11 is 32.4. The highest BCUT2D eigenvalue weighted by molar-refractivity contribution is 7.80. The van der Waals surface area contributed by atoms with Gasteiger partial charge in [0.1, 0.15) is 40.7 Å². The fourth-order valence-corrected chi connectivity index (χ4v) is 17.3. The summed E-state index contributed by atoms with van der Waals surface area (Å²) in [7, 11) is 1.47. The maximum absolute atomic E-state index is 12.8. The molecule has 704 valence electrons. The first-order valence-corrected chi connectivity index (χ1v) is 44.7. The van der Waals surface area contributed by atoms with E-state index in [-0.39, 0.29) is 103 Å². The Balaban J connectivity index is 0.000000202. The SMILES string of the molecule is CC(=NCC(=O)c1ccc(C(=O)O)c([N+](=O)[O-])c1)c1nn(C)c(-c2ccc(C(F)(F)F)cc2)c1O.CC(=NCC(=S)Cc1ccc(C(=O)O)c(C[O-])c1)c1csc(-c2ccc(C(C)(C)C)cc2)c1O.CC(=NCC(=S)Cc1ccc(C(=O)O)c(C[O-])c1)c1csc(-c2ccc(C(F)(F)F)cc2)c1O.CC(=NCC(=S)Cc1ccc(C(=O)O)c(C[O-])c1)c1csc(-c2ccc(Cl)c(Cl)c2)c1O. The van der Waals surface area contributed by atoms with E-state index in [1.54, 1.807) is 67.8 Å². The number of carbonyl (C=O) groups excluding carboxylic acids is 1. The fraction of sp³-hybridized carbons (Fsp3) is 0.219. The van der Waals surface area contributed by atoms with E-state index in [9.17, 15) is 96.2 Å². The van der Waals surface area contributed by atoms with Crippen LogP contribution in [0.5, 0.6) is 23.0 Å². The van der Waals surface area contributed by atoms with Gasteiger partial charge in [0.05, 0.1) is 82.8 Å². The molecule has 4 aromatic heterocycles. The standard InChI is InChI=1S/C27H28NO4S2.C24H19F3NO4S2.C23H18Cl2NO4S2.C22H17F3N4O6/c1-16(28-13-21(33)12-17-5-10-22(26(31)32)19(11-17)14-29)23-15-34-25(24(23)30)18-6-8-20(9-7-18)27(2,3)4;1-13(28-10-18(33)9-14-2-7-19(23(31)32)16(8-14)11-29)20-12-34-22(21(20)30)15-3-5-17(6-4-15)24(25,26)27;1-12(18-11-32-22(21(18)28)14-3-5-19(24)20(25)8-14)26-9-16(31)7-13-2-4-17(23(29)30)15(6-13)10-27;1-11(26-10-17(30)13-5-8-15(21(32)33)16(9-13)29(34)35)18-20(31)19(28(2)27-18)12-3-6-14(7-4-12)22(23,24)25/h5-11,15,30H,12-14H2,1-4H3,(H,31,32);2-8,12,30H,9-11H2,1H3,(H,31,32);2-6,8,11,28H,7,9-10H2,1H3,(H,29,30);3-9,31H,10H2,1-2H3,(H,32,33)/q3*-1;. The molecule has 39 heteroatoms. The molecule has 0 saturated carbocycles. The minimum Gasteiger partial charge on any atom is -0.851 e. The Morgan fingerprint density at radius 3 is 1.10 bits per heavy atom. The van der Waals surface area contributed by atoms with Gasteiger partial charge in [-0.3, -0.25) is 39.6 Å². The molecule has 0 saturated heterocycles. The number of carboxylic acid groups (broad SMARTS) is 4. The van der Waals surface area contributed by atoms with Gasteiger partial charge in [-0.25, -0.2) is 19.2 Å². The number of thiophene rings is 3. The van der Waals surface area contributed by atoms with Crippen molar-refractivity contribution < 1.29 is 111 Å². The van der Waals surface area contributed by atoms with Gasteiger partial charge in [-0.2, -0.15) is 31.4 Å². The van der Waals surface area contributed by atoms with Gasteiger partial charge in [-0.15, -0.1) is 53.8 Å². The molecule has 0 spiro atoms. The number of hydrogen-bond acceptors (Lipinski definition) is 25. The summed E-state index contributed by atoms with van der Waals surface area (Å²) in [4.78, 5) is 88.6. The number of nitro groups is 1. The van der Waals surface area contributed by atoms with Gasteiger partial charge in [0.15, 0.2) is 11.5 Å². The zero-order valence-electron chi connectivity index (χ0n) is 72.7. The van der Waals surface area contributed by atoms with Crippen LogP contribution in [0.4, 0.5) is 32.0 Å². The molecule has 0 aliphatic carbocycles. The topological polar surface area (TPSA) is 427 Å². The van der Waals surface area contributed by atoms with Crippen LogP contribution in [-0.2, 0) is 63.9 Å². The maximum Gasteiger partial charge on any atom is 0.416 e. The Hall–Kier alpha value is -12.8. The van der Waals surface area contributed by atoms with Crippen LogP contribution < -0.4 is 15.3 Å². The lowest BCUT2D eigenvalue weighted by molar-refractivity contribution is -0.386. The highest BCUT2D eigenvalue weighted by Crippen LogP contribution is 2.45.